The zero-order valence-corrected chi connectivity index (χ0v) is 10.8. The van der Waals surface area contributed by atoms with Crippen molar-refractivity contribution in [3.63, 3.8) is 0 Å². The maximum Gasteiger partial charge on any atom is 0.417 e. The van der Waals surface area contributed by atoms with E-state index >= 15 is 0 Å². The van der Waals surface area contributed by atoms with Gasteiger partial charge in [-0.2, -0.15) is 0 Å². The Hall–Kier alpha value is -2.82. The van der Waals surface area contributed by atoms with Crippen LogP contribution in [0, 0.1) is 6.92 Å². The third kappa shape index (κ3) is 2.21. The molecule has 2 aromatic carbocycles. The van der Waals surface area contributed by atoms with Crippen LogP contribution < -0.4 is 11.1 Å². The summed E-state index contributed by atoms with van der Waals surface area (Å²) < 4.78 is 4.96. The number of carbonyl (C=O) groups is 1. The highest BCUT2D eigenvalue weighted by molar-refractivity contribution is 6.05. The number of anilines is 1. The Labute approximate surface area is 114 Å². The number of nitrogens with one attached hydrogen (secondary N) is 2. The van der Waals surface area contributed by atoms with Gasteiger partial charge >= 0.3 is 5.76 Å². The minimum Gasteiger partial charge on any atom is -0.408 e. The molecule has 3 aromatic rings. The lowest BCUT2D eigenvalue weighted by Gasteiger charge is -2.07. The van der Waals surface area contributed by atoms with Crippen LogP contribution in [0.1, 0.15) is 15.9 Å². The van der Waals surface area contributed by atoms with Crippen molar-refractivity contribution in [3.05, 3.63) is 64.1 Å². The number of aryl methyl sites for hydroxylation is 1. The maximum atomic E-state index is 12.2. The van der Waals surface area contributed by atoms with Crippen LogP contribution in [0.2, 0.25) is 0 Å². The van der Waals surface area contributed by atoms with Crippen LogP contribution in [0.3, 0.4) is 0 Å². The second-order valence-corrected chi connectivity index (χ2v) is 4.49. The van der Waals surface area contributed by atoms with E-state index in [0.717, 1.165) is 5.56 Å². The molecule has 0 aliphatic carbocycles. The highest BCUT2D eigenvalue weighted by atomic mass is 16.4. The predicted molar refractivity (Wildman–Crippen MR) is 76.0 cm³/mol. The van der Waals surface area contributed by atoms with Crippen molar-refractivity contribution in [1.82, 2.24) is 4.98 Å². The molecule has 0 aliphatic heterocycles. The van der Waals surface area contributed by atoms with E-state index in [9.17, 15) is 9.59 Å². The molecular weight excluding hydrogens is 256 g/mol. The molecule has 2 N–H and O–H groups in total. The Morgan fingerprint density at radius 2 is 2.00 bits per heavy atom. The molecule has 0 spiro atoms. The molecule has 20 heavy (non-hydrogen) atoms. The summed E-state index contributed by atoms with van der Waals surface area (Å²) in [6.45, 7) is 1.88. The summed E-state index contributed by atoms with van der Waals surface area (Å²) in [6, 6.07) is 12.4. The minimum absolute atomic E-state index is 0.194. The third-order valence-corrected chi connectivity index (χ3v) is 3.07. The zero-order valence-electron chi connectivity index (χ0n) is 10.8. The molecule has 0 aliphatic rings. The number of hydrogen-bond donors (Lipinski definition) is 2. The maximum absolute atomic E-state index is 12.2. The molecule has 5 nitrogen and oxygen atoms in total. The van der Waals surface area contributed by atoms with Crippen molar-refractivity contribution < 1.29 is 9.21 Å². The van der Waals surface area contributed by atoms with E-state index in [-0.39, 0.29) is 5.91 Å². The minimum atomic E-state index is -0.512. The molecule has 1 heterocycles. The SMILES string of the molecule is Cc1ccccc1C(=O)Nc1ccc2[nH]c(=O)oc2c1. The van der Waals surface area contributed by atoms with Crippen molar-refractivity contribution in [2.75, 3.05) is 5.32 Å². The Balaban J connectivity index is 1.91. The molecule has 0 bridgehead atoms. The standard InChI is InChI=1S/C15H12N2O3/c1-9-4-2-3-5-11(9)14(18)16-10-6-7-12-13(8-10)20-15(19)17-12/h2-8H,1H3,(H,16,18)(H,17,19). The number of oxazole rings is 1. The largest absolute Gasteiger partial charge is 0.417 e. The van der Waals surface area contributed by atoms with E-state index in [1.165, 1.54) is 0 Å². The summed E-state index contributed by atoms with van der Waals surface area (Å²) in [6.07, 6.45) is 0. The summed E-state index contributed by atoms with van der Waals surface area (Å²) in [4.78, 5) is 25.8. The van der Waals surface area contributed by atoms with E-state index in [0.29, 0.717) is 22.4 Å². The summed E-state index contributed by atoms with van der Waals surface area (Å²) >= 11 is 0. The lowest BCUT2D eigenvalue weighted by atomic mass is 10.1. The number of amides is 1. The zero-order chi connectivity index (χ0) is 14.1. The van der Waals surface area contributed by atoms with E-state index in [1.54, 1.807) is 24.3 Å². The van der Waals surface area contributed by atoms with Gasteiger partial charge in [0.05, 0.1) is 5.52 Å². The first-order valence-corrected chi connectivity index (χ1v) is 6.13. The molecule has 0 unspecified atom stereocenters. The smallest absolute Gasteiger partial charge is 0.408 e. The first kappa shape index (κ1) is 12.2. The van der Waals surface area contributed by atoms with Crippen LogP contribution in [0.5, 0.6) is 0 Å². The van der Waals surface area contributed by atoms with E-state index < -0.39 is 5.76 Å². The summed E-state index contributed by atoms with van der Waals surface area (Å²) in [5, 5.41) is 2.79. The van der Waals surface area contributed by atoms with Crippen LogP contribution in [0.25, 0.3) is 11.1 Å². The van der Waals surface area contributed by atoms with Crippen molar-refractivity contribution in [3.8, 4) is 0 Å². The molecular formula is C15H12N2O3. The van der Waals surface area contributed by atoms with Gasteiger partial charge in [0.1, 0.15) is 0 Å². The van der Waals surface area contributed by atoms with Crippen LogP contribution in [0.15, 0.2) is 51.7 Å². The molecule has 0 atom stereocenters. The van der Waals surface area contributed by atoms with E-state index in [2.05, 4.69) is 10.3 Å². The van der Waals surface area contributed by atoms with E-state index in [4.69, 9.17) is 4.42 Å². The highest BCUT2D eigenvalue weighted by Gasteiger charge is 2.09. The summed E-state index contributed by atoms with van der Waals surface area (Å²) in [7, 11) is 0. The number of carbonyl (C=O) groups excluding carboxylic acids is 1. The topological polar surface area (TPSA) is 75.1 Å². The average Bonchev–Trinajstić information content (AvgIpc) is 2.78. The molecule has 1 aromatic heterocycles. The van der Waals surface area contributed by atoms with Gasteiger partial charge in [0.2, 0.25) is 0 Å². The quantitative estimate of drug-likeness (QED) is 0.750. The van der Waals surface area contributed by atoms with Crippen molar-refractivity contribution in [2.24, 2.45) is 0 Å². The fourth-order valence-electron chi connectivity index (χ4n) is 2.05. The lowest BCUT2D eigenvalue weighted by Crippen LogP contribution is -2.13. The average molecular weight is 268 g/mol. The number of benzene rings is 2. The van der Waals surface area contributed by atoms with Crippen LogP contribution in [-0.2, 0) is 0 Å². The first-order valence-electron chi connectivity index (χ1n) is 6.13. The monoisotopic (exact) mass is 268 g/mol. The predicted octanol–water partition coefficient (Wildman–Crippen LogP) is 2.68. The lowest BCUT2D eigenvalue weighted by molar-refractivity contribution is 0.102. The Bertz CT molecular complexity index is 845. The van der Waals surface area contributed by atoms with Crippen molar-refractivity contribution in [1.29, 1.82) is 0 Å². The number of aromatic nitrogens is 1. The molecule has 0 saturated carbocycles. The van der Waals surface area contributed by atoms with Gasteiger partial charge < -0.3 is 9.73 Å². The number of H-pyrrole nitrogens is 1. The van der Waals surface area contributed by atoms with Crippen LogP contribution in [0.4, 0.5) is 5.69 Å². The molecule has 100 valence electrons. The summed E-state index contributed by atoms with van der Waals surface area (Å²) in [5.74, 6) is -0.706. The van der Waals surface area contributed by atoms with Crippen LogP contribution in [-0.4, -0.2) is 10.9 Å². The van der Waals surface area contributed by atoms with Gasteiger partial charge in [-0.3, -0.25) is 9.78 Å². The normalized spacial score (nSPS) is 10.7. The van der Waals surface area contributed by atoms with Crippen molar-refractivity contribution in [2.45, 2.75) is 6.92 Å². The van der Waals surface area contributed by atoms with Gasteiger partial charge in [-0.25, -0.2) is 4.79 Å². The Morgan fingerprint density at radius 1 is 1.20 bits per heavy atom. The van der Waals surface area contributed by atoms with E-state index in [1.807, 2.05) is 25.1 Å². The number of hydrogen-bond acceptors (Lipinski definition) is 3. The fraction of sp³-hybridized carbons (Fsp3) is 0.0667. The first-order chi connectivity index (χ1) is 9.63. The molecule has 0 fully saturated rings. The van der Waals surface area contributed by atoms with Gasteiger partial charge in [-0.05, 0) is 30.7 Å². The second kappa shape index (κ2) is 4.70. The second-order valence-electron chi connectivity index (χ2n) is 4.49. The fourth-order valence-corrected chi connectivity index (χ4v) is 2.05. The Morgan fingerprint density at radius 3 is 2.80 bits per heavy atom. The van der Waals surface area contributed by atoms with Gasteiger partial charge in [-0.15, -0.1) is 0 Å². The van der Waals surface area contributed by atoms with Gasteiger partial charge in [0.15, 0.2) is 5.58 Å². The van der Waals surface area contributed by atoms with Gasteiger partial charge in [0.25, 0.3) is 5.91 Å². The third-order valence-electron chi connectivity index (χ3n) is 3.07. The molecule has 1 amide bonds. The highest BCUT2D eigenvalue weighted by Crippen LogP contribution is 2.17. The molecule has 3 rings (SSSR count). The van der Waals surface area contributed by atoms with Crippen LogP contribution >= 0.6 is 0 Å². The van der Waals surface area contributed by atoms with Crippen molar-refractivity contribution >= 4 is 22.7 Å². The number of fused-ring (bicyclic) bond motifs is 1. The van der Waals surface area contributed by atoms with Gasteiger partial charge in [0, 0.05) is 17.3 Å². The Kier molecular flexibility index (Phi) is 2.87. The number of aromatic amines is 1. The van der Waals surface area contributed by atoms with Gasteiger partial charge in [-0.1, -0.05) is 18.2 Å². The molecule has 0 radical (unpaired) electrons. The molecule has 0 saturated heterocycles. The number of rotatable bonds is 2. The molecule has 5 heteroatoms. The summed E-state index contributed by atoms with van der Waals surface area (Å²) in [5.41, 5.74) is 3.11.